The zero-order valence-electron chi connectivity index (χ0n) is 14.6. The first kappa shape index (κ1) is 18.2. The summed E-state index contributed by atoms with van der Waals surface area (Å²) in [6.45, 7) is 0. The maximum Gasteiger partial charge on any atom is 0.272 e. The normalized spacial score (nSPS) is 22.2. The molecule has 0 radical (unpaired) electrons. The molecule has 1 aliphatic heterocycles. The molecular formula is C18H19F3N4OS. The molecule has 9 heteroatoms. The molecule has 1 aromatic heterocycles. The van der Waals surface area contributed by atoms with Crippen LogP contribution in [0.3, 0.4) is 0 Å². The average molecular weight is 396 g/mol. The molecule has 1 amide bonds. The third-order valence-electron chi connectivity index (χ3n) is 5.09. The van der Waals surface area contributed by atoms with Crippen LogP contribution in [0.25, 0.3) is 0 Å². The van der Waals surface area contributed by atoms with Gasteiger partial charge in [-0.05, 0) is 48.0 Å². The lowest BCUT2D eigenvalue weighted by Crippen LogP contribution is -2.30. The van der Waals surface area contributed by atoms with Crippen LogP contribution in [-0.4, -0.2) is 16.5 Å². The van der Waals surface area contributed by atoms with E-state index >= 15 is 0 Å². The highest BCUT2D eigenvalue weighted by Crippen LogP contribution is 2.37. The first-order valence-electron chi connectivity index (χ1n) is 8.71. The molecule has 1 fully saturated rings. The second kappa shape index (κ2) is 6.79. The van der Waals surface area contributed by atoms with E-state index in [1.807, 2.05) is 0 Å². The van der Waals surface area contributed by atoms with Crippen molar-refractivity contribution in [1.29, 1.82) is 4.78 Å². The summed E-state index contributed by atoms with van der Waals surface area (Å²) in [6, 6.07) is 1.77. The number of carbonyl (C=O) groups excluding carboxylic acids is 1. The van der Waals surface area contributed by atoms with Gasteiger partial charge in [0, 0.05) is 37.1 Å². The van der Waals surface area contributed by atoms with Gasteiger partial charge in [0.1, 0.15) is 5.69 Å². The van der Waals surface area contributed by atoms with Gasteiger partial charge in [-0.1, -0.05) is 0 Å². The van der Waals surface area contributed by atoms with Crippen LogP contribution in [0.15, 0.2) is 23.2 Å². The largest absolute Gasteiger partial charge is 0.345 e. The molecule has 0 saturated heterocycles. The minimum Gasteiger partial charge on any atom is -0.345 e. The van der Waals surface area contributed by atoms with Gasteiger partial charge >= 0.3 is 0 Å². The van der Waals surface area contributed by atoms with Crippen molar-refractivity contribution in [3.8, 4) is 0 Å². The molecule has 0 spiro atoms. The summed E-state index contributed by atoms with van der Waals surface area (Å²) in [5.41, 5.74) is 0.990. The first-order valence-corrected chi connectivity index (χ1v) is 9.93. The highest BCUT2D eigenvalue weighted by molar-refractivity contribution is 7.84. The van der Waals surface area contributed by atoms with Gasteiger partial charge in [0.2, 0.25) is 0 Å². The van der Waals surface area contributed by atoms with Gasteiger partial charge in [0.15, 0.2) is 17.5 Å². The fraction of sp³-hybridized carbons (Fsp3) is 0.389. The third kappa shape index (κ3) is 3.41. The maximum atomic E-state index is 13.4. The summed E-state index contributed by atoms with van der Waals surface area (Å²) in [7, 11) is 0.773. The molecule has 2 unspecified atom stereocenters. The number of aryl methyl sites for hydroxylation is 1. The Labute approximate surface area is 157 Å². The molecule has 27 heavy (non-hydrogen) atoms. The highest BCUT2D eigenvalue weighted by atomic mass is 32.2. The van der Waals surface area contributed by atoms with E-state index in [0.29, 0.717) is 18.0 Å². The lowest BCUT2D eigenvalue weighted by atomic mass is 10.0. The van der Waals surface area contributed by atoms with E-state index in [1.165, 1.54) is 12.8 Å². The van der Waals surface area contributed by atoms with Crippen molar-refractivity contribution in [3.05, 3.63) is 47.0 Å². The van der Waals surface area contributed by atoms with Crippen molar-refractivity contribution in [1.82, 2.24) is 9.29 Å². The van der Waals surface area contributed by atoms with Crippen LogP contribution in [0.2, 0.25) is 0 Å². The molecule has 2 aliphatic rings. The topological polar surface area (TPSA) is 69.9 Å². The summed E-state index contributed by atoms with van der Waals surface area (Å²) in [6.07, 6.45) is 5.59. The Kier molecular flexibility index (Phi) is 4.59. The molecule has 2 aromatic rings. The maximum absolute atomic E-state index is 13.4. The first-order chi connectivity index (χ1) is 12.8. The van der Waals surface area contributed by atoms with Crippen molar-refractivity contribution >= 4 is 22.5 Å². The van der Waals surface area contributed by atoms with Gasteiger partial charge < -0.3 is 9.88 Å². The van der Waals surface area contributed by atoms with Crippen LogP contribution in [0.1, 0.15) is 35.3 Å². The minimum absolute atomic E-state index is 0.154. The van der Waals surface area contributed by atoms with E-state index < -0.39 is 34.2 Å². The van der Waals surface area contributed by atoms with Crippen molar-refractivity contribution in [2.75, 3.05) is 5.32 Å². The van der Waals surface area contributed by atoms with Gasteiger partial charge in [-0.3, -0.25) is 9.57 Å². The van der Waals surface area contributed by atoms with Crippen LogP contribution < -0.4 is 10.0 Å². The quantitative estimate of drug-likeness (QED) is 0.693. The van der Waals surface area contributed by atoms with E-state index in [1.54, 1.807) is 17.8 Å². The number of nitrogens with zero attached hydrogens (tertiary/aromatic N) is 1. The Morgan fingerprint density at radius 2 is 1.93 bits per heavy atom. The number of hydrogen-bond donors (Lipinski definition) is 3. The zero-order chi connectivity index (χ0) is 19.3. The van der Waals surface area contributed by atoms with Crippen LogP contribution >= 0.6 is 0 Å². The zero-order valence-corrected chi connectivity index (χ0v) is 15.4. The molecule has 3 N–H and O–H groups in total. The van der Waals surface area contributed by atoms with Gasteiger partial charge in [-0.2, -0.15) is 0 Å². The second-order valence-electron chi connectivity index (χ2n) is 7.05. The highest BCUT2D eigenvalue weighted by Gasteiger charge is 2.35. The summed E-state index contributed by atoms with van der Waals surface area (Å²) in [5.74, 6) is -4.23. The number of nitrogens with one attached hydrogen (secondary N) is 3. The van der Waals surface area contributed by atoms with Crippen molar-refractivity contribution in [2.24, 2.45) is 13.0 Å². The molecular weight excluding hydrogens is 377 g/mol. The number of halogens is 3. The Morgan fingerprint density at radius 1 is 1.26 bits per heavy atom. The van der Waals surface area contributed by atoms with Crippen LogP contribution in [0, 0.1) is 28.1 Å². The summed E-state index contributed by atoms with van der Waals surface area (Å²) in [4.78, 5) is 13.5. The fourth-order valence-electron chi connectivity index (χ4n) is 3.58. The number of carbonyl (C=O) groups is 1. The molecule has 4 rings (SSSR count). The fourth-order valence-corrected chi connectivity index (χ4v) is 5.03. The number of aromatic nitrogens is 1. The summed E-state index contributed by atoms with van der Waals surface area (Å²) in [5, 5.41) is 2.44. The third-order valence-corrected chi connectivity index (χ3v) is 6.42. The van der Waals surface area contributed by atoms with Crippen LogP contribution in [0.5, 0.6) is 0 Å². The number of amides is 1. The van der Waals surface area contributed by atoms with Crippen molar-refractivity contribution < 1.29 is 18.0 Å². The van der Waals surface area contributed by atoms with Gasteiger partial charge in [0.25, 0.3) is 5.91 Å². The van der Waals surface area contributed by atoms with E-state index in [9.17, 15) is 18.0 Å². The van der Waals surface area contributed by atoms with E-state index in [0.717, 1.165) is 29.0 Å². The molecule has 2 heterocycles. The van der Waals surface area contributed by atoms with E-state index in [2.05, 4.69) is 10.0 Å². The predicted octanol–water partition coefficient (Wildman–Crippen LogP) is 3.66. The lowest BCUT2D eigenvalue weighted by Gasteiger charge is -2.15. The monoisotopic (exact) mass is 396 g/mol. The predicted molar refractivity (Wildman–Crippen MR) is 96.0 cm³/mol. The molecule has 5 nitrogen and oxygen atoms in total. The molecule has 0 bridgehead atoms. The van der Waals surface area contributed by atoms with Gasteiger partial charge in [0.05, 0.1) is 4.90 Å². The summed E-state index contributed by atoms with van der Waals surface area (Å²) >= 11 is 0. The molecule has 1 aliphatic carbocycles. The van der Waals surface area contributed by atoms with Gasteiger partial charge in [-0.15, -0.1) is 0 Å². The Morgan fingerprint density at radius 3 is 2.56 bits per heavy atom. The number of hydrogen-bond acceptors (Lipinski definition) is 2. The standard InChI is InChI=1S/C18H19F3N4OS/c1-25-8-15-11(4-5-14(9-2-3-9)24-27(15)22)17(25)18(26)23-10-6-12(19)16(21)13(20)7-10/h6-9,14H,2-5H2,1H3,(H2,22,24)(H,23,26). The Hall–Kier alpha value is -2.13. The molecule has 2 atom stereocenters. The number of rotatable bonds is 3. The molecule has 1 aromatic carbocycles. The van der Waals surface area contributed by atoms with Crippen molar-refractivity contribution in [3.63, 3.8) is 0 Å². The van der Waals surface area contributed by atoms with E-state index in [4.69, 9.17) is 4.78 Å². The van der Waals surface area contributed by atoms with Crippen LogP contribution in [-0.2, 0) is 24.3 Å². The lowest BCUT2D eigenvalue weighted by molar-refractivity contribution is 0.101. The van der Waals surface area contributed by atoms with Gasteiger partial charge in [-0.25, -0.2) is 17.9 Å². The van der Waals surface area contributed by atoms with E-state index in [-0.39, 0.29) is 11.7 Å². The second-order valence-corrected chi connectivity index (χ2v) is 8.33. The average Bonchev–Trinajstić information content (AvgIpc) is 3.40. The number of fused-ring (bicyclic) bond motifs is 1. The Bertz CT molecular complexity index is 931. The number of benzene rings is 1. The SMILES string of the molecule is Cn1cc2c(c1C(=O)Nc1cc(F)c(F)c(F)c1)CCC(C1CC1)NS2=N. The molecule has 144 valence electrons. The van der Waals surface area contributed by atoms with Crippen molar-refractivity contribution in [2.45, 2.75) is 36.6 Å². The smallest absolute Gasteiger partial charge is 0.272 e. The van der Waals surface area contributed by atoms with Crippen LogP contribution in [0.4, 0.5) is 18.9 Å². The minimum atomic E-state index is -1.57. The Balaban J connectivity index is 1.63. The number of anilines is 1. The molecule has 1 saturated carbocycles. The summed E-state index contributed by atoms with van der Waals surface area (Å²) < 4.78 is 53.3.